The zero-order chi connectivity index (χ0) is 13.1. The summed E-state index contributed by atoms with van der Waals surface area (Å²) >= 11 is 0. The molecule has 2 aromatic rings. The van der Waals surface area contributed by atoms with Gasteiger partial charge in [0.25, 0.3) is 5.56 Å². The summed E-state index contributed by atoms with van der Waals surface area (Å²) in [5, 5.41) is 3.35. The van der Waals surface area contributed by atoms with Crippen LogP contribution in [0.15, 0.2) is 47.3 Å². The highest BCUT2D eigenvalue weighted by Gasteiger charge is 2.15. The molecule has 3 heteroatoms. The predicted molar refractivity (Wildman–Crippen MR) is 77.7 cm³/mol. The molecule has 0 spiro atoms. The van der Waals surface area contributed by atoms with Gasteiger partial charge in [0.1, 0.15) is 0 Å². The van der Waals surface area contributed by atoms with Gasteiger partial charge in [0.05, 0.1) is 0 Å². The lowest BCUT2D eigenvalue weighted by Gasteiger charge is -2.13. The average molecular weight is 254 g/mol. The summed E-state index contributed by atoms with van der Waals surface area (Å²) in [4.78, 5) is 12.0. The van der Waals surface area contributed by atoms with E-state index in [2.05, 4.69) is 5.32 Å². The number of nitrogens with one attached hydrogen (secondary N) is 1. The van der Waals surface area contributed by atoms with Crippen molar-refractivity contribution in [3.8, 4) is 0 Å². The molecule has 0 amide bonds. The summed E-state index contributed by atoms with van der Waals surface area (Å²) < 4.78 is 1.93. The molecular weight excluding hydrogens is 236 g/mol. The normalized spacial score (nSPS) is 13.3. The number of hydrogen-bond donors (Lipinski definition) is 1. The molecule has 1 aromatic heterocycles. The van der Waals surface area contributed by atoms with Crippen molar-refractivity contribution in [1.82, 2.24) is 4.57 Å². The Morgan fingerprint density at radius 3 is 2.74 bits per heavy atom. The third-order valence-corrected chi connectivity index (χ3v) is 3.69. The van der Waals surface area contributed by atoms with E-state index in [0.717, 1.165) is 31.6 Å². The number of rotatable bonds is 4. The van der Waals surface area contributed by atoms with E-state index in [1.165, 1.54) is 17.7 Å². The van der Waals surface area contributed by atoms with Crippen molar-refractivity contribution in [3.63, 3.8) is 0 Å². The van der Waals surface area contributed by atoms with Gasteiger partial charge in [0, 0.05) is 30.5 Å². The molecule has 0 atom stereocenters. The first-order valence-corrected chi connectivity index (χ1v) is 6.85. The van der Waals surface area contributed by atoms with Crippen molar-refractivity contribution in [3.05, 3.63) is 64.1 Å². The van der Waals surface area contributed by atoms with Crippen LogP contribution in [0.3, 0.4) is 0 Å². The van der Waals surface area contributed by atoms with E-state index in [1.807, 2.05) is 41.0 Å². The van der Waals surface area contributed by atoms with E-state index in [1.54, 1.807) is 6.07 Å². The number of aromatic nitrogens is 1. The van der Waals surface area contributed by atoms with E-state index >= 15 is 0 Å². The SMILES string of the molecule is O=c1ccc2c(n1CCNc1ccccc1)CCC2. The summed E-state index contributed by atoms with van der Waals surface area (Å²) in [5.41, 5.74) is 3.81. The standard InChI is InChI=1S/C16H18N2O/c19-16-10-9-13-5-4-8-15(13)18(16)12-11-17-14-6-2-1-3-7-14/h1-3,6-7,9-10,17H,4-5,8,11-12H2. The second-order valence-corrected chi connectivity index (χ2v) is 4.94. The summed E-state index contributed by atoms with van der Waals surface area (Å²) in [5.74, 6) is 0. The van der Waals surface area contributed by atoms with E-state index in [4.69, 9.17) is 0 Å². The zero-order valence-corrected chi connectivity index (χ0v) is 10.9. The van der Waals surface area contributed by atoms with Crippen LogP contribution in [-0.2, 0) is 19.4 Å². The van der Waals surface area contributed by atoms with Crippen LogP contribution in [-0.4, -0.2) is 11.1 Å². The number of pyridine rings is 1. The molecular formula is C16H18N2O. The van der Waals surface area contributed by atoms with Gasteiger partial charge >= 0.3 is 0 Å². The number of para-hydroxylation sites is 1. The maximum absolute atomic E-state index is 12.0. The molecule has 0 saturated carbocycles. The number of aryl methyl sites for hydroxylation is 1. The van der Waals surface area contributed by atoms with Crippen LogP contribution in [0, 0.1) is 0 Å². The van der Waals surface area contributed by atoms with Gasteiger partial charge in [-0.1, -0.05) is 24.3 Å². The highest BCUT2D eigenvalue weighted by molar-refractivity contribution is 5.42. The lowest BCUT2D eigenvalue weighted by Crippen LogP contribution is -2.26. The highest BCUT2D eigenvalue weighted by Crippen LogP contribution is 2.19. The van der Waals surface area contributed by atoms with Crippen LogP contribution < -0.4 is 10.9 Å². The fourth-order valence-corrected chi connectivity index (χ4v) is 2.75. The number of fused-ring (bicyclic) bond motifs is 1. The molecule has 0 unspecified atom stereocenters. The van der Waals surface area contributed by atoms with Crippen LogP contribution >= 0.6 is 0 Å². The average Bonchev–Trinajstić information content (AvgIpc) is 2.91. The van der Waals surface area contributed by atoms with Crippen molar-refractivity contribution in [2.45, 2.75) is 25.8 Å². The molecule has 0 fully saturated rings. The minimum atomic E-state index is 0.121. The van der Waals surface area contributed by atoms with Gasteiger partial charge < -0.3 is 9.88 Å². The quantitative estimate of drug-likeness (QED) is 0.909. The van der Waals surface area contributed by atoms with E-state index in [9.17, 15) is 4.79 Å². The monoisotopic (exact) mass is 254 g/mol. The number of anilines is 1. The molecule has 1 aliphatic rings. The zero-order valence-electron chi connectivity index (χ0n) is 10.9. The van der Waals surface area contributed by atoms with Gasteiger partial charge in [-0.05, 0) is 37.0 Å². The van der Waals surface area contributed by atoms with Crippen LogP contribution in [0.2, 0.25) is 0 Å². The molecule has 1 heterocycles. The van der Waals surface area contributed by atoms with Crippen molar-refractivity contribution in [2.75, 3.05) is 11.9 Å². The summed E-state index contributed by atoms with van der Waals surface area (Å²) in [7, 11) is 0. The topological polar surface area (TPSA) is 34.0 Å². The second-order valence-electron chi connectivity index (χ2n) is 4.94. The van der Waals surface area contributed by atoms with Gasteiger partial charge in [0.15, 0.2) is 0 Å². The van der Waals surface area contributed by atoms with E-state index in [0.29, 0.717) is 0 Å². The number of hydrogen-bond acceptors (Lipinski definition) is 2. The maximum Gasteiger partial charge on any atom is 0.250 e. The number of nitrogens with zero attached hydrogens (tertiary/aromatic N) is 1. The maximum atomic E-state index is 12.0. The lowest BCUT2D eigenvalue weighted by atomic mass is 10.2. The van der Waals surface area contributed by atoms with Crippen LogP contribution in [0.25, 0.3) is 0 Å². The van der Waals surface area contributed by atoms with Crippen LogP contribution in [0.5, 0.6) is 0 Å². The van der Waals surface area contributed by atoms with Gasteiger partial charge in [-0.2, -0.15) is 0 Å². The molecule has 98 valence electrons. The Morgan fingerprint density at radius 2 is 1.89 bits per heavy atom. The fourth-order valence-electron chi connectivity index (χ4n) is 2.75. The molecule has 3 nitrogen and oxygen atoms in total. The molecule has 0 aliphatic heterocycles. The lowest BCUT2D eigenvalue weighted by molar-refractivity contribution is 0.659. The van der Waals surface area contributed by atoms with Gasteiger partial charge in [-0.15, -0.1) is 0 Å². The minimum Gasteiger partial charge on any atom is -0.383 e. The molecule has 0 saturated heterocycles. The smallest absolute Gasteiger partial charge is 0.250 e. The van der Waals surface area contributed by atoms with Crippen molar-refractivity contribution >= 4 is 5.69 Å². The first kappa shape index (κ1) is 12.0. The van der Waals surface area contributed by atoms with Gasteiger partial charge in [0.2, 0.25) is 0 Å². The van der Waals surface area contributed by atoms with Crippen molar-refractivity contribution in [2.24, 2.45) is 0 Å². The first-order valence-electron chi connectivity index (χ1n) is 6.85. The molecule has 0 radical (unpaired) electrons. The Hall–Kier alpha value is -2.03. The van der Waals surface area contributed by atoms with E-state index < -0.39 is 0 Å². The van der Waals surface area contributed by atoms with Gasteiger partial charge in [-0.25, -0.2) is 0 Å². The first-order chi connectivity index (χ1) is 9.34. The van der Waals surface area contributed by atoms with Gasteiger partial charge in [-0.3, -0.25) is 4.79 Å². The Balaban J connectivity index is 1.71. The van der Waals surface area contributed by atoms with Crippen LogP contribution in [0.4, 0.5) is 5.69 Å². The number of benzene rings is 1. The summed E-state index contributed by atoms with van der Waals surface area (Å²) in [6, 6.07) is 13.8. The summed E-state index contributed by atoms with van der Waals surface area (Å²) in [6.45, 7) is 1.51. The summed E-state index contributed by atoms with van der Waals surface area (Å²) in [6.07, 6.45) is 3.32. The second kappa shape index (κ2) is 5.31. The Labute approximate surface area is 112 Å². The predicted octanol–water partition coefficient (Wildman–Crippen LogP) is 2.45. The highest BCUT2D eigenvalue weighted by atomic mass is 16.1. The largest absolute Gasteiger partial charge is 0.383 e. The van der Waals surface area contributed by atoms with Crippen LogP contribution in [0.1, 0.15) is 17.7 Å². The molecule has 1 aliphatic carbocycles. The Bertz CT molecular complexity index is 616. The molecule has 0 bridgehead atoms. The molecule has 1 aromatic carbocycles. The fraction of sp³-hybridized carbons (Fsp3) is 0.312. The van der Waals surface area contributed by atoms with E-state index in [-0.39, 0.29) is 5.56 Å². The molecule has 1 N–H and O–H groups in total. The molecule has 3 rings (SSSR count). The van der Waals surface area contributed by atoms with Crippen molar-refractivity contribution in [1.29, 1.82) is 0 Å². The minimum absolute atomic E-state index is 0.121. The third-order valence-electron chi connectivity index (χ3n) is 3.69. The Morgan fingerprint density at radius 1 is 1.05 bits per heavy atom. The van der Waals surface area contributed by atoms with Crippen molar-refractivity contribution < 1.29 is 0 Å². The Kier molecular flexibility index (Phi) is 3.36. The third kappa shape index (κ3) is 2.55. The molecule has 19 heavy (non-hydrogen) atoms.